The number of ether oxygens (including phenoxy) is 1. The summed E-state index contributed by atoms with van der Waals surface area (Å²) >= 11 is 0. The Morgan fingerprint density at radius 2 is 2.00 bits per heavy atom. The van der Waals surface area contributed by atoms with Crippen molar-refractivity contribution in [1.29, 1.82) is 5.26 Å². The summed E-state index contributed by atoms with van der Waals surface area (Å²) < 4.78 is 5.27. The van der Waals surface area contributed by atoms with Crippen LogP contribution in [-0.4, -0.2) is 20.2 Å². The lowest BCUT2D eigenvalue weighted by Gasteiger charge is -2.33. The average Bonchev–Trinajstić information content (AvgIpc) is 2.46. The predicted octanol–water partition coefficient (Wildman–Crippen LogP) is 3.34. The molecule has 0 aliphatic heterocycles. The normalized spacial score (nSPS) is 16.1. The molecule has 18 heavy (non-hydrogen) atoms. The number of anilines is 1. The Kier molecular flexibility index (Phi) is 4.09. The van der Waals surface area contributed by atoms with E-state index in [1.165, 1.54) is 32.1 Å². The lowest BCUT2D eigenvalue weighted by atomic mass is 9.94. The Bertz CT molecular complexity index is 444. The van der Waals surface area contributed by atoms with Crippen molar-refractivity contribution in [3.05, 3.63) is 23.8 Å². The van der Waals surface area contributed by atoms with Crippen LogP contribution in [0, 0.1) is 11.3 Å². The quantitative estimate of drug-likeness (QED) is 0.818. The van der Waals surface area contributed by atoms with Crippen molar-refractivity contribution in [3.8, 4) is 11.8 Å². The molecule has 1 aliphatic carbocycles. The summed E-state index contributed by atoms with van der Waals surface area (Å²) in [5.74, 6) is 0.664. The number of benzene rings is 1. The van der Waals surface area contributed by atoms with Crippen LogP contribution >= 0.6 is 0 Å². The summed E-state index contributed by atoms with van der Waals surface area (Å²) in [6, 6.07) is 8.59. The molecule has 0 unspecified atom stereocenters. The fourth-order valence-corrected chi connectivity index (χ4v) is 2.67. The molecule has 0 radical (unpaired) electrons. The number of methoxy groups -OCH3 is 1. The molecule has 3 heteroatoms. The van der Waals surface area contributed by atoms with Crippen LogP contribution in [0.2, 0.25) is 0 Å². The Labute approximate surface area is 109 Å². The van der Waals surface area contributed by atoms with Crippen molar-refractivity contribution in [2.24, 2.45) is 0 Å². The molecule has 3 nitrogen and oxygen atoms in total. The second kappa shape index (κ2) is 5.77. The van der Waals surface area contributed by atoms with Crippen molar-refractivity contribution in [3.63, 3.8) is 0 Å². The van der Waals surface area contributed by atoms with Crippen LogP contribution in [-0.2, 0) is 0 Å². The van der Waals surface area contributed by atoms with E-state index in [4.69, 9.17) is 10.00 Å². The number of rotatable bonds is 3. The van der Waals surface area contributed by atoms with Crippen LogP contribution in [0.4, 0.5) is 5.69 Å². The first-order valence-electron chi connectivity index (χ1n) is 6.57. The Balaban J connectivity index is 2.19. The van der Waals surface area contributed by atoms with Crippen molar-refractivity contribution in [2.75, 3.05) is 19.1 Å². The zero-order valence-corrected chi connectivity index (χ0v) is 11.1. The third-order valence-electron chi connectivity index (χ3n) is 3.84. The summed E-state index contributed by atoms with van der Waals surface area (Å²) in [7, 11) is 3.75. The smallest absolute Gasteiger partial charge is 0.138 e. The van der Waals surface area contributed by atoms with E-state index in [1.807, 2.05) is 18.2 Å². The molecule has 2 rings (SSSR count). The van der Waals surface area contributed by atoms with E-state index in [1.54, 1.807) is 7.11 Å². The van der Waals surface area contributed by atoms with Crippen LogP contribution in [0.5, 0.6) is 5.75 Å². The Morgan fingerprint density at radius 3 is 2.61 bits per heavy atom. The van der Waals surface area contributed by atoms with Gasteiger partial charge in [-0.25, -0.2) is 0 Å². The van der Waals surface area contributed by atoms with E-state index in [0.29, 0.717) is 17.4 Å². The number of hydrogen-bond donors (Lipinski definition) is 0. The van der Waals surface area contributed by atoms with Gasteiger partial charge >= 0.3 is 0 Å². The van der Waals surface area contributed by atoms with E-state index >= 15 is 0 Å². The molecule has 0 atom stereocenters. The third kappa shape index (κ3) is 2.59. The van der Waals surface area contributed by atoms with E-state index in [2.05, 4.69) is 18.0 Å². The van der Waals surface area contributed by atoms with Crippen molar-refractivity contribution in [2.45, 2.75) is 38.1 Å². The first-order chi connectivity index (χ1) is 8.76. The molecule has 1 saturated carbocycles. The zero-order valence-electron chi connectivity index (χ0n) is 11.1. The molecule has 0 N–H and O–H groups in total. The third-order valence-corrected chi connectivity index (χ3v) is 3.84. The van der Waals surface area contributed by atoms with E-state index in [9.17, 15) is 0 Å². The van der Waals surface area contributed by atoms with Gasteiger partial charge in [0.05, 0.1) is 12.7 Å². The summed E-state index contributed by atoms with van der Waals surface area (Å²) in [6.07, 6.45) is 6.53. The van der Waals surface area contributed by atoms with Gasteiger partial charge in [-0.05, 0) is 25.0 Å². The molecule has 0 heterocycles. The summed E-state index contributed by atoms with van der Waals surface area (Å²) in [6.45, 7) is 0. The highest BCUT2D eigenvalue weighted by atomic mass is 16.5. The SMILES string of the molecule is COc1cc(N(C)C2CCCCC2)ccc1C#N. The van der Waals surface area contributed by atoms with Gasteiger partial charge in [-0.15, -0.1) is 0 Å². The Morgan fingerprint density at radius 1 is 1.28 bits per heavy atom. The fourth-order valence-electron chi connectivity index (χ4n) is 2.67. The van der Waals surface area contributed by atoms with E-state index in [-0.39, 0.29) is 0 Å². The average molecular weight is 244 g/mol. The van der Waals surface area contributed by atoms with Gasteiger partial charge in [-0.2, -0.15) is 5.26 Å². The second-order valence-electron chi connectivity index (χ2n) is 4.90. The minimum absolute atomic E-state index is 0.596. The van der Waals surface area contributed by atoms with Gasteiger partial charge in [-0.3, -0.25) is 0 Å². The van der Waals surface area contributed by atoms with Crippen LogP contribution in [0.3, 0.4) is 0 Å². The van der Waals surface area contributed by atoms with Gasteiger partial charge in [0, 0.05) is 24.8 Å². The summed E-state index contributed by atoms with van der Waals surface area (Å²) in [5.41, 5.74) is 1.73. The molecule has 1 aromatic rings. The zero-order chi connectivity index (χ0) is 13.0. The highest BCUT2D eigenvalue weighted by Crippen LogP contribution is 2.29. The number of nitriles is 1. The number of nitrogens with zero attached hydrogens (tertiary/aromatic N) is 2. The van der Waals surface area contributed by atoms with Crippen LogP contribution in [0.25, 0.3) is 0 Å². The van der Waals surface area contributed by atoms with Crippen molar-refractivity contribution >= 4 is 5.69 Å². The standard InChI is InChI=1S/C15H20N2O/c1-17(13-6-4-3-5-7-13)14-9-8-12(11-16)15(10-14)18-2/h8-10,13H,3-7H2,1-2H3. The van der Waals surface area contributed by atoms with E-state index in [0.717, 1.165) is 5.69 Å². The highest BCUT2D eigenvalue weighted by molar-refractivity contribution is 5.57. The first kappa shape index (κ1) is 12.8. The maximum Gasteiger partial charge on any atom is 0.138 e. The van der Waals surface area contributed by atoms with Gasteiger partial charge in [0.25, 0.3) is 0 Å². The van der Waals surface area contributed by atoms with Crippen molar-refractivity contribution in [1.82, 2.24) is 0 Å². The second-order valence-corrected chi connectivity index (χ2v) is 4.90. The topological polar surface area (TPSA) is 36.3 Å². The fraction of sp³-hybridized carbons (Fsp3) is 0.533. The molecule has 0 bridgehead atoms. The molecule has 1 aliphatic rings. The molecule has 0 amide bonds. The van der Waals surface area contributed by atoms with Crippen molar-refractivity contribution < 1.29 is 4.74 Å². The van der Waals surface area contributed by atoms with Crippen LogP contribution < -0.4 is 9.64 Å². The maximum atomic E-state index is 8.98. The Hall–Kier alpha value is -1.69. The molecule has 96 valence electrons. The summed E-state index contributed by atoms with van der Waals surface area (Å²) in [4.78, 5) is 2.32. The van der Waals surface area contributed by atoms with E-state index < -0.39 is 0 Å². The lowest BCUT2D eigenvalue weighted by Crippen LogP contribution is -2.33. The molecule has 1 fully saturated rings. The molecule has 0 spiro atoms. The van der Waals surface area contributed by atoms with Gasteiger partial charge in [-0.1, -0.05) is 19.3 Å². The van der Waals surface area contributed by atoms with Crippen LogP contribution in [0.1, 0.15) is 37.7 Å². The maximum absolute atomic E-state index is 8.98. The molecular weight excluding hydrogens is 224 g/mol. The van der Waals surface area contributed by atoms with Gasteiger partial charge in [0.1, 0.15) is 11.8 Å². The van der Waals surface area contributed by atoms with Gasteiger partial charge in [0.15, 0.2) is 0 Å². The molecule has 1 aromatic carbocycles. The highest BCUT2D eigenvalue weighted by Gasteiger charge is 2.19. The molecule has 0 saturated heterocycles. The summed E-state index contributed by atoms with van der Waals surface area (Å²) in [5, 5.41) is 8.98. The first-order valence-corrected chi connectivity index (χ1v) is 6.57. The largest absolute Gasteiger partial charge is 0.495 e. The number of hydrogen-bond acceptors (Lipinski definition) is 3. The molecular formula is C15H20N2O. The van der Waals surface area contributed by atoms with Gasteiger partial charge < -0.3 is 9.64 Å². The molecule has 0 aromatic heterocycles. The predicted molar refractivity (Wildman–Crippen MR) is 73.0 cm³/mol. The van der Waals surface area contributed by atoms with Gasteiger partial charge in [0.2, 0.25) is 0 Å². The van der Waals surface area contributed by atoms with Crippen LogP contribution in [0.15, 0.2) is 18.2 Å². The lowest BCUT2D eigenvalue weighted by molar-refractivity contribution is 0.411. The monoisotopic (exact) mass is 244 g/mol. The minimum atomic E-state index is 0.596. The minimum Gasteiger partial charge on any atom is -0.495 e.